The summed E-state index contributed by atoms with van der Waals surface area (Å²) in [5, 5.41) is 0. The van der Waals surface area contributed by atoms with Crippen molar-refractivity contribution < 1.29 is 14.3 Å². The monoisotopic (exact) mass is 198 g/mol. The number of rotatable bonds is 7. The molecule has 0 aliphatic heterocycles. The van der Waals surface area contributed by atoms with E-state index in [9.17, 15) is 9.59 Å². The zero-order valence-electron chi connectivity index (χ0n) is 9.03. The lowest BCUT2D eigenvalue weighted by Crippen LogP contribution is -2.27. The van der Waals surface area contributed by atoms with Gasteiger partial charge in [0.2, 0.25) is 0 Å². The molecule has 2 atom stereocenters. The Hall–Kier alpha value is -0.960. The van der Waals surface area contributed by atoms with Crippen molar-refractivity contribution in [3.63, 3.8) is 0 Å². The first-order valence-electron chi connectivity index (χ1n) is 4.69. The maximum atomic E-state index is 10.6. The number of carbonyl (C=O) groups is 2. The fraction of sp³-hybridized carbons (Fsp3) is 0.636. The first-order valence-corrected chi connectivity index (χ1v) is 4.69. The van der Waals surface area contributed by atoms with Crippen LogP contribution >= 0.6 is 0 Å². The quantitative estimate of drug-likeness (QED) is 0.462. The van der Waals surface area contributed by atoms with Gasteiger partial charge in [-0.15, -0.1) is 0 Å². The predicted octanol–water partition coefficient (Wildman–Crippen LogP) is 1.76. The van der Waals surface area contributed by atoms with Crippen LogP contribution in [0.5, 0.6) is 0 Å². The van der Waals surface area contributed by atoms with Crippen molar-refractivity contribution in [2.45, 2.75) is 32.3 Å². The van der Waals surface area contributed by atoms with Crippen LogP contribution in [0.1, 0.15) is 26.7 Å². The van der Waals surface area contributed by atoms with Gasteiger partial charge in [0.1, 0.15) is 11.9 Å². The standard InChI is InChI=1S/C11H18O3/c1-10(8-12)6-4-5-7-11(2,9-13)14-3/h4-5,8-10H,6-7H2,1-3H3. The van der Waals surface area contributed by atoms with Crippen LogP contribution in [-0.2, 0) is 14.3 Å². The Kier molecular flexibility index (Phi) is 6.04. The molecule has 3 heteroatoms. The molecule has 0 aliphatic carbocycles. The van der Waals surface area contributed by atoms with Gasteiger partial charge in [-0.3, -0.25) is 0 Å². The molecule has 0 heterocycles. The Morgan fingerprint density at radius 2 is 2.00 bits per heavy atom. The fourth-order valence-corrected chi connectivity index (χ4v) is 0.863. The molecule has 0 spiro atoms. The van der Waals surface area contributed by atoms with Crippen LogP contribution in [0, 0.1) is 5.92 Å². The highest BCUT2D eigenvalue weighted by Crippen LogP contribution is 2.12. The minimum atomic E-state index is -0.735. The van der Waals surface area contributed by atoms with Gasteiger partial charge in [-0.05, 0) is 13.3 Å². The molecular weight excluding hydrogens is 180 g/mol. The van der Waals surface area contributed by atoms with Crippen LogP contribution in [0.2, 0.25) is 0 Å². The van der Waals surface area contributed by atoms with E-state index in [0.29, 0.717) is 12.8 Å². The fourth-order valence-electron chi connectivity index (χ4n) is 0.863. The lowest BCUT2D eigenvalue weighted by molar-refractivity contribution is -0.125. The number of hydrogen-bond donors (Lipinski definition) is 0. The number of aldehydes is 2. The summed E-state index contributed by atoms with van der Waals surface area (Å²) in [6, 6.07) is 0. The van der Waals surface area contributed by atoms with Gasteiger partial charge in [0.05, 0.1) is 0 Å². The van der Waals surface area contributed by atoms with Crippen molar-refractivity contribution >= 4 is 12.6 Å². The molecule has 0 saturated heterocycles. The molecule has 0 aliphatic rings. The Labute approximate surface area is 85.1 Å². The highest BCUT2D eigenvalue weighted by molar-refractivity contribution is 5.62. The van der Waals surface area contributed by atoms with Crippen LogP contribution in [0.3, 0.4) is 0 Å². The van der Waals surface area contributed by atoms with Gasteiger partial charge in [-0.1, -0.05) is 19.1 Å². The normalized spacial score (nSPS) is 17.6. The van der Waals surface area contributed by atoms with Gasteiger partial charge in [-0.2, -0.15) is 0 Å². The van der Waals surface area contributed by atoms with Gasteiger partial charge in [0, 0.05) is 19.4 Å². The number of carbonyl (C=O) groups excluding carboxylic acids is 2. The first kappa shape index (κ1) is 13.0. The summed E-state index contributed by atoms with van der Waals surface area (Å²) in [5.74, 6) is 0.0382. The third-order valence-corrected chi connectivity index (χ3v) is 2.15. The van der Waals surface area contributed by atoms with Crippen LogP contribution in [0.25, 0.3) is 0 Å². The van der Waals surface area contributed by atoms with E-state index in [1.54, 1.807) is 6.92 Å². The molecule has 0 amide bonds. The summed E-state index contributed by atoms with van der Waals surface area (Å²) in [7, 11) is 1.51. The molecule has 0 saturated carbocycles. The molecule has 2 unspecified atom stereocenters. The van der Waals surface area contributed by atoms with E-state index in [2.05, 4.69) is 0 Å². The molecule has 0 aromatic carbocycles. The third kappa shape index (κ3) is 4.92. The van der Waals surface area contributed by atoms with E-state index < -0.39 is 5.60 Å². The van der Waals surface area contributed by atoms with Gasteiger partial charge in [0.25, 0.3) is 0 Å². The number of allylic oxidation sites excluding steroid dienone is 1. The Bertz CT molecular complexity index is 211. The third-order valence-electron chi connectivity index (χ3n) is 2.15. The second-order valence-corrected chi connectivity index (χ2v) is 3.66. The summed E-state index contributed by atoms with van der Waals surface area (Å²) >= 11 is 0. The van der Waals surface area contributed by atoms with Gasteiger partial charge < -0.3 is 14.3 Å². The summed E-state index contributed by atoms with van der Waals surface area (Å²) in [4.78, 5) is 20.9. The minimum Gasteiger partial charge on any atom is -0.371 e. The maximum Gasteiger partial charge on any atom is 0.151 e. The zero-order valence-corrected chi connectivity index (χ0v) is 9.03. The molecule has 0 rings (SSSR count). The van der Waals surface area contributed by atoms with Crippen LogP contribution < -0.4 is 0 Å². The highest BCUT2D eigenvalue weighted by Gasteiger charge is 2.20. The second kappa shape index (κ2) is 6.49. The number of hydrogen-bond acceptors (Lipinski definition) is 3. The van der Waals surface area contributed by atoms with E-state index in [0.717, 1.165) is 12.6 Å². The molecule has 0 radical (unpaired) electrons. The zero-order chi connectivity index (χ0) is 11.0. The summed E-state index contributed by atoms with van der Waals surface area (Å²) in [5.41, 5.74) is -0.735. The Morgan fingerprint density at radius 1 is 1.36 bits per heavy atom. The molecular formula is C11H18O3. The van der Waals surface area contributed by atoms with Gasteiger partial charge in [0.15, 0.2) is 6.29 Å². The molecule has 0 N–H and O–H groups in total. The smallest absolute Gasteiger partial charge is 0.151 e. The van der Waals surface area contributed by atoms with Crippen molar-refractivity contribution in [3.05, 3.63) is 12.2 Å². The van der Waals surface area contributed by atoms with E-state index in [1.807, 2.05) is 19.1 Å². The first-order chi connectivity index (χ1) is 6.58. The van der Waals surface area contributed by atoms with Crippen LogP contribution in [-0.4, -0.2) is 25.3 Å². The second-order valence-electron chi connectivity index (χ2n) is 3.66. The van der Waals surface area contributed by atoms with Gasteiger partial charge >= 0.3 is 0 Å². The van der Waals surface area contributed by atoms with Crippen LogP contribution in [0.15, 0.2) is 12.2 Å². The molecule has 0 bridgehead atoms. The largest absolute Gasteiger partial charge is 0.371 e. The Balaban J connectivity index is 3.91. The van der Waals surface area contributed by atoms with E-state index in [4.69, 9.17) is 4.74 Å². The SMILES string of the molecule is COC(C)(C=O)CC=CCC(C)C=O. The van der Waals surface area contributed by atoms with Crippen molar-refractivity contribution in [2.24, 2.45) is 5.92 Å². The average molecular weight is 198 g/mol. The molecule has 0 aromatic heterocycles. The summed E-state index contributed by atoms with van der Waals surface area (Å²) < 4.78 is 5.03. The topological polar surface area (TPSA) is 43.4 Å². The van der Waals surface area contributed by atoms with Crippen molar-refractivity contribution in [1.29, 1.82) is 0 Å². The number of methoxy groups -OCH3 is 1. The highest BCUT2D eigenvalue weighted by atomic mass is 16.5. The summed E-state index contributed by atoms with van der Waals surface area (Å²) in [6.45, 7) is 3.58. The Morgan fingerprint density at radius 3 is 2.43 bits per heavy atom. The van der Waals surface area contributed by atoms with Crippen molar-refractivity contribution in [2.75, 3.05) is 7.11 Å². The lowest BCUT2D eigenvalue weighted by atomic mass is 10.0. The maximum absolute atomic E-state index is 10.6. The minimum absolute atomic E-state index is 0.0382. The molecule has 3 nitrogen and oxygen atoms in total. The van der Waals surface area contributed by atoms with E-state index in [-0.39, 0.29) is 5.92 Å². The van der Waals surface area contributed by atoms with E-state index in [1.165, 1.54) is 7.11 Å². The predicted molar refractivity (Wildman–Crippen MR) is 55.1 cm³/mol. The number of ether oxygens (including phenoxy) is 1. The van der Waals surface area contributed by atoms with Crippen molar-refractivity contribution in [1.82, 2.24) is 0 Å². The van der Waals surface area contributed by atoms with Crippen molar-refractivity contribution in [3.8, 4) is 0 Å². The molecule has 80 valence electrons. The lowest BCUT2D eigenvalue weighted by Gasteiger charge is -2.18. The average Bonchev–Trinajstić information content (AvgIpc) is 2.23. The van der Waals surface area contributed by atoms with E-state index >= 15 is 0 Å². The molecule has 0 fully saturated rings. The summed E-state index contributed by atoms with van der Waals surface area (Å²) in [6.07, 6.45) is 6.73. The van der Waals surface area contributed by atoms with Crippen LogP contribution in [0.4, 0.5) is 0 Å². The molecule has 14 heavy (non-hydrogen) atoms. The molecule has 0 aromatic rings. The van der Waals surface area contributed by atoms with Gasteiger partial charge in [-0.25, -0.2) is 0 Å².